The third-order valence-corrected chi connectivity index (χ3v) is 4.22. The van der Waals surface area contributed by atoms with Crippen molar-refractivity contribution in [2.75, 3.05) is 11.5 Å². The van der Waals surface area contributed by atoms with E-state index in [0.717, 1.165) is 11.1 Å². The summed E-state index contributed by atoms with van der Waals surface area (Å²) >= 11 is 1.44. The van der Waals surface area contributed by atoms with E-state index in [1.807, 2.05) is 24.3 Å². The van der Waals surface area contributed by atoms with Gasteiger partial charge >= 0.3 is 0 Å². The fourth-order valence-electron chi connectivity index (χ4n) is 2.11. The molecular weight excluding hydrogens is 320 g/mol. The van der Waals surface area contributed by atoms with Crippen LogP contribution < -0.4 is 11.5 Å². The molecule has 4 N–H and O–H groups in total. The van der Waals surface area contributed by atoms with Crippen LogP contribution in [0.15, 0.2) is 53.9 Å². The fourth-order valence-corrected chi connectivity index (χ4v) is 2.90. The van der Waals surface area contributed by atoms with Crippen molar-refractivity contribution in [1.29, 1.82) is 5.26 Å². The molecule has 0 aliphatic heterocycles. The van der Waals surface area contributed by atoms with Crippen molar-refractivity contribution in [3.8, 4) is 17.3 Å². The number of pyridine rings is 1. The molecule has 0 spiro atoms. The lowest BCUT2D eigenvalue weighted by atomic mass is 10.1. The Morgan fingerprint density at radius 3 is 2.54 bits per heavy atom. The average Bonchev–Trinajstić information content (AvgIpc) is 2.61. The maximum Gasteiger partial charge on any atom is 0.190 e. The third kappa shape index (κ3) is 3.45. The first-order valence-electron chi connectivity index (χ1n) is 7.12. The van der Waals surface area contributed by atoms with Gasteiger partial charge in [-0.1, -0.05) is 30.0 Å². The monoisotopic (exact) mass is 334 g/mol. The van der Waals surface area contributed by atoms with Gasteiger partial charge in [0.05, 0.1) is 5.69 Å². The van der Waals surface area contributed by atoms with Crippen molar-refractivity contribution in [1.82, 2.24) is 15.0 Å². The number of nitrogens with two attached hydrogens (primary N) is 2. The van der Waals surface area contributed by atoms with Crippen molar-refractivity contribution >= 4 is 23.3 Å². The van der Waals surface area contributed by atoms with Crippen LogP contribution in [0.25, 0.3) is 11.3 Å². The zero-order valence-corrected chi connectivity index (χ0v) is 13.5. The predicted molar refractivity (Wildman–Crippen MR) is 94.8 cm³/mol. The fraction of sp³-hybridized carbons (Fsp3) is 0.0588. The summed E-state index contributed by atoms with van der Waals surface area (Å²) in [5.41, 5.74) is 14.9. The van der Waals surface area contributed by atoms with Gasteiger partial charge in [-0.15, -0.1) is 0 Å². The van der Waals surface area contributed by atoms with Crippen LogP contribution in [0.3, 0.4) is 0 Å². The first kappa shape index (κ1) is 15.8. The Balaban J connectivity index is 1.94. The van der Waals surface area contributed by atoms with Gasteiger partial charge in [0.2, 0.25) is 0 Å². The SMILES string of the molecule is N#Cc1c(N)nc(SCc2cccnc2)nc1-c1ccc(N)cc1. The molecule has 0 atom stereocenters. The Hall–Kier alpha value is -3.11. The molecule has 0 bridgehead atoms. The van der Waals surface area contributed by atoms with Gasteiger partial charge < -0.3 is 11.5 Å². The summed E-state index contributed by atoms with van der Waals surface area (Å²) in [4.78, 5) is 12.8. The number of benzene rings is 1. The number of thioether (sulfide) groups is 1. The van der Waals surface area contributed by atoms with E-state index in [4.69, 9.17) is 11.5 Å². The summed E-state index contributed by atoms with van der Waals surface area (Å²) in [6.07, 6.45) is 3.52. The summed E-state index contributed by atoms with van der Waals surface area (Å²) in [6.45, 7) is 0. The molecular formula is C17H14N6S. The van der Waals surface area contributed by atoms with Crippen LogP contribution in [-0.4, -0.2) is 15.0 Å². The van der Waals surface area contributed by atoms with Crippen molar-refractivity contribution in [3.05, 3.63) is 59.9 Å². The van der Waals surface area contributed by atoms with Crippen molar-refractivity contribution in [2.24, 2.45) is 0 Å². The standard InChI is InChI=1S/C17H14N6S/c18-8-14-15(12-3-5-13(19)6-4-12)22-17(23-16(14)20)24-10-11-2-1-7-21-9-11/h1-7,9H,10,19H2,(H2,20,22,23). The molecule has 2 aromatic heterocycles. The topological polar surface area (TPSA) is 114 Å². The number of nitrogen functional groups attached to an aromatic ring is 2. The molecule has 0 saturated carbocycles. The van der Waals surface area contributed by atoms with Crippen molar-refractivity contribution in [3.63, 3.8) is 0 Å². The van der Waals surface area contributed by atoms with Gasteiger partial charge in [0.25, 0.3) is 0 Å². The first-order chi connectivity index (χ1) is 11.7. The Morgan fingerprint density at radius 2 is 1.88 bits per heavy atom. The summed E-state index contributed by atoms with van der Waals surface area (Å²) in [7, 11) is 0. The lowest BCUT2D eigenvalue weighted by molar-refractivity contribution is 0.974. The average molecular weight is 334 g/mol. The summed E-state index contributed by atoms with van der Waals surface area (Å²) in [5, 5.41) is 9.88. The normalized spacial score (nSPS) is 10.3. The third-order valence-electron chi connectivity index (χ3n) is 3.30. The molecule has 0 radical (unpaired) electrons. The Bertz CT molecular complexity index is 887. The molecule has 0 aliphatic carbocycles. The minimum absolute atomic E-state index is 0.174. The van der Waals surface area contributed by atoms with E-state index < -0.39 is 0 Å². The lowest BCUT2D eigenvalue weighted by Crippen LogP contribution is -2.02. The summed E-state index contributed by atoms with van der Waals surface area (Å²) in [5.74, 6) is 0.841. The quantitative estimate of drug-likeness (QED) is 0.428. The molecule has 3 rings (SSSR count). The highest BCUT2D eigenvalue weighted by Gasteiger charge is 2.14. The highest BCUT2D eigenvalue weighted by atomic mass is 32.2. The van der Waals surface area contributed by atoms with Crippen LogP contribution >= 0.6 is 11.8 Å². The van der Waals surface area contributed by atoms with Crippen molar-refractivity contribution < 1.29 is 0 Å². The molecule has 6 nitrogen and oxygen atoms in total. The highest BCUT2D eigenvalue weighted by Crippen LogP contribution is 2.29. The van der Waals surface area contributed by atoms with Crippen LogP contribution in [0.2, 0.25) is 0 Å². The maximum atomic E-state index is 9.36. The van der Waals surface area contributed by atoms with Gasteiger partial charge in [-0.2, -0.15) is 5.26 Å². The number of nitriles is 1. The first-order valence-corrected chi connectivity index (χ1v) is 8.11. The number of anilines is 2. The molecule has 0 amide bonds. The zero-order chi connectivity index (χ0) is 16.9. The second-order valence-electron chi connectivity index (χ2n) is 5.00. The predicted octanol–water partition coefficient (Wildman–Crippen LogP) is 2.87. The molecule has 1 aromatic carbocycles. The lowest BCUT2D eigenvalue weighted by Gasteiger charge is -2.09. The van der Waals surface area contributed by atoms with Crippen LogP contribution in [-0.2, 0) is 5.75 Å². The van der Waals surface area contributed by atoms with E-state index in [2.05, 4.69) is 21.0 Å². The number of rotatable bonds is 4. The molecule has 0 fully saturated rings. The van der Waals surface area contributed by atoms with Crippen LogP contribution in [0.4, 0.5) is 11.5 Å². The molecule has 0 saturated heterocycles. The van der Waals surface area contributed by atoms with Gasteiger partial charge in [-0.25, -0.2) is 9.97 Å². The maximum absolute atomic E-state index is 9.36. The number of hydrogen-bond donors (Lipinski definition) is 2. The smallest absolute Gasteiger partial charge is 0.190 e. The largest absolute Gasteiger partial charge is 0.399 e. The van der Waals surface area contributed by atoms with Gasteiger partial charge in [0, 0.05) is 29.4 Å². The minimum Gasteiger partial charge on any atom is -0.399 e. The molecule has 7 heteroatoms. The number of nitrogens with zero attached hydrogens (tertiary/aromatic N) is 4. The van der Waals surface area contributed by atoms with Crippen LogP contribution in [0, 0.1) is 11.3 Å². The van der Waals surface area contributed by atoms with E-state index in [1.165, 1.54) is 11.8 Å². The van der Waals surface area contributed by atoms with Crippen molar-refractivity contribution in [2.45, 2.75) is 10.9 Å². The second-order valence-corrected chi connectivity index (χ2v) is 5.94. The Morgan fingerprint density at radius 1 is 1.08 bits per heavy atom. The number of aromatic nitrogens is 3. The van der Waals surface area contributed by atoms with Gasteiger partial charge in [-0.3, -0.25) is 4.98 Å². The molecule has 0 unspecified atom stereocenters. The van der Waals surface area contributed by atoms with Crippen LogP contribution in [0.5, 0.6) is 0 Å². The van der Waals surface area contributed by atoms with E-state index >= 15 is 0 Å². The molecule has 2 heterocycles. The molecule has 24 heavy (non-hydrogen) atoms. The number of hydrogen-bond acceptors (Lipinski definition) is 7. The van der Waals surface area contributed by atoms with E-state index in [9.17, 15) is 5.26 Å². The van der Waals surface area contributed by atoms with Gasteiger partial charge in [-0.05, 0) is 23.8 Å². The zero-order valence-electron chi connectivity index (χ0n) is 12.7. The van der Waals surface area contributed by atoms with Gasteiger partial charge in [0.15, 0.2) is 5.16 Å². The van der Waals surface area contributed by atoms with E-state index in [0.29, 0.717) is 22.3 Å². The molecule has 0 aliphatic rings. The Kier molecular flexibility index (Phi) is 4.59. The van der Waals surface area contributed by atoms with Gasteiger partial charge in [0.1, 0.15) is 17.5 Å². The van der Waals surface area contributed by atoms with Crippen LogP contribution in [0.1, 0.15) is 11.1 Å². The van der Waals surface area contributed by atoms with E-state index in [-0.39, 0.29) is 11.4 Å². The summed E-state index contributed by atoms with van der Waals surface area (Å²) < 4.78 is 0. The second kappa shape index (κ2) is 6.98. The Labute approximate surface area is 143 Å². The highest BCUT2D eigenvalue weighted by molar-refractivity contribution is 7.98. The minimum atomic E-state index is 0.174. The molecule has 118 valence electrons. The summed E-state index contributed by atoms with van der Waals surface area (Å²) in [6, 6.07) is 13.1. The molecule has 3 aromatic rings. The van der Waals surface area contributed by atoms with E-state index in [1.54, 1.807) is 24.5 Å².